The molecular weight excluding hydrogens is 202 g/mol. The van der Waals surface area contributed by atoms with Gasteiger partial charge in [-0.05, 0) is 31.4 Å². The summed E-state index contributed by atoms with van der Waals surface area (Å²) in [6.45, 7) is 0.680. The van der Waals surface area contributed by atoms with Crippen molar-refractivity contribution in [2.24, 2.45) is 11.7 Å². The fourth-order valence-corrected chi connectivity index (χ4v) is 2.21. The molecule has 0 radical (unpaired) electrons. The largest absolute Gasteiger partial charge is 0.364 e. The molecule has 2 rings (SSSR count). The average Bonchev–Trinajstić information content (AvgIpc) is 2.77. The summed E-state index contributed by atoms with van der Waals surface area (Å²) < 4.78 is 0. The van der Waals surface area contributed by atoms with E-state index in [9.17, 15) is 0 Å². The van der Waals surface area contributed by atoms with Gasteiger partial charge in [-0.3, -0.25) is 0 Å². The molecule has 5 nitrogen and oxygen atoms in total. The number of anilines is 1. The van der Waals surface area contributed by atoms with Gasteiger partial charge < -0.3 is 11.1 Å². The second-order valence-electron chi connectivity index (χ2n) is 4.08. The third-order valence-corrected chi connectivity index (χ3v) is 3.13. The van der Waals surface area contributed by atoms with Gasteiger partial charge in [0, 0.05) is 6.04 Å². The van der Waals surface area contributed by atoms with Crippen LogP contribution in [0.25, 0.3) is 0 Å². The van der Waals surface area contributed by atoms with E-state index in [0.717, 1.165) is 12.8 Å². The first-order valence-electron chi connectivity index (χ1n) is 5.53. The number of nitrogens with one attached hydrogen (secondary N) is 1. The Balaban J connectivity index is 2.12. The molecule has 3 N–H and O–H groups in total. The number of hydrogen-bond donors (Lipinski definition) is 2. The lowest BCUT2D eigenvalue weighted by Crippen LogP contribution is -2.30. The van der Waals surface area contributed by atoms with Crippen LogP contribution in [0.4, 0.5) is 5.82 Å². The number of nitrogens with two attached hydrogens (primary N) is 1. The highest BCUT2D eigenvalue weighted by atomic mass is 15.2. The lowest BCUT2D eigenvalue weighted by atomic mass is 10.0. The summed E-state index contributed by atoms with van der Waals surface area (Å²) >= 11 is 0. The van der Waals surface area contributed by atoms with Gasteiger partial charge >= 0.3 is 0 Å². The second-order valence-corrected chi connectivity index (χ2v) is 4.08. The highest BCUT2D eigenvalue weighted by molar-refractivity contribution is 5.50. The quantitative estimate of drug-likeness (QED) is 0.785. The van der Waals surface area contributed by atoms with Crippen molar-refractivity contribution in [2.45, 2.75) is 25.3 Å². The maximum atomic E-state index is 8.93. The summed E-state index contributed by atoms with van der Waals surface area (Å²) in [4.78, 5) is 0. The van der Waals surface area contributed by atoms with Crippen molar-refractivity contribution in [1.29, 1.82) is 5.26 Å². The van der Waals surface area contributed by atoms with Gasteiger partial charge in [0.05, 0.1) is 11.8 Å². The first kappa shape index (κ1) is 10.8. The van der Waals surface area contributed by atoms with Crippen molar-refractivity contribution < 1.29 is 0 Å². The summed E-state index contributed by atoms with van der Waals surface area (Å²) in [5.41, 5.74) is 6.25. The first-order chi connectivity index (χ1) is 7.85. The fourth-order valence-electron chi connectivity index (χ4n) is 2.21. The molecule has 1 saturated carbocycles. The fraction of sp³-hybridized carbons (Fsp3) is 0.545. The van der Waals surface area contributed by atoms with E-state index < -0.39 is 0 Å². The normalized spacial score (nSPS) is 24.0. The number of hydrogen-bond acceptors (Lipinski definition) is 5. The third kappa shape index (κ3) is 2.12. The Labute approximate surface area is 94.7 Å². The van der Waals surface area contributed by atoms with Crippen LogP contribution in [0, 0.1) is 17.2 Å². The van der Waals surface area contributed by atoms with Crippen molar-refractivity contribution in [1.82, 2.24) is 10.2 Å². The maximum absolute atomic E-state index is 8.93. The van der Waals surface area contributed by atoms with Gasteiger partial charge in [-0.2, -0.15) is 10.4 Å². The average molecular weight is 217 g/mol. The van der Waals surface area contributed by atoms with E-state index in [1.807, 2.05) is 0 Å². The van der Waals surface area contributed by atoms with E-state index in [-0.39, 0.29) is 0 Å². The number of rotatable bonds is 3. The molecule has 1 fully saturated rings. The Morgan fingerprint density at radius 2 is 2.44 bits per heavy atom. The van der Waals surface area contributed by atoms with Crippen LogP contribution in [0.2, 0.25) is 0 Å². The molecule has 0 amide bonds. The van der Waals surface area contributed by atoms with E-state index in [0.29, 0.717) is 29.9 Å². The van der Waals surface area contributed by atoms with Gasteiger partial charge in [0.1, 0.15) is 6.07 Å². The molecule has 0 aromatic carbocycles. The SMILES string of the molecule is N#Cc1ccnnc1NC1CCCC1CN. The van der Waals surface area contributed by atoms with Gasteiger partial charge in [-0.15, -0.1) is 5.10 Å². The summed E-state index contributed by atoms with van der Waals surface area (Å²) in [6.07, 6.45) is 4.94. The second kappa shape index (κ2) is 4.90. The minimum atomic E-state index is 0.328. The molecule has 5 heteroatoms. The Morgan fingerprint density at radius 3 is 3.19 bits per heavy atom. The molecule has 1 aromatic rings. The number of nitrogens with zero attached hydrogens (tertiary/aromatic N) is 3. The molecule has 84 valence electrons. The molecule has 2 unspecified atom stereocenters. The zero-order valence-corrected chi connectivity index (χ0v) is 9.06. The van der Waals surface area contributed by atoms with Crippen LogP contribution < -0.4 is 11.1 Å². The predicted octanol–water partition coefficient (Wildman–Crippen LogP) is 0.888. The molecule has 1 aromatic heterocycles. The van der Waals surface area contributed by atoms with Crippen molar-refractivity contribution in [3.8, 4) is 6.07 Å². The van der Waals surface area contributed by atoms with Crippen molar-refractivity contribution in [2.75, 3.05) is 11.9 Å². The van der Waals surface area contributed by atoms with Crippen molar-refractivity contribution in [3.05, 3.63) is 17.8 Å². The van der Waals surface area contributed by atoms with Gasteiger partial charge in [-0.25, -0.2) is 0 Å². The van der Waals surface area contributed by atoms with E-state index in [1.165, 1.54) is 12.6 Å². The summed E-state index contributed by atoms with van der Waals surface area (Å²) in [6, 6.07) is 4.10. The van der Waals surface area contributed by atoms with Crippen LogP contribution in [0.3, 0.4) is 0 Å². The van der Waals surface area contributed by atoms with E-state index in [4.69, 9.17) is 11.0 Å². The van der Waals surface area contributed by atoms with Crippen LogP contribution in [0.15, 0.2) is 12.3 Å². The van der Waals surface area contributed by atoms with Crippen LogP contribution in [-0.2, 0) is 0 Å². The van der Waals surface area contributed by atoms with Gasteiger partial charge in [0.15, 0.2) is 5.82 Å². The maximum Gasteiger partial charge on any atom is 0.166 e. The molecule has 0 saturated heterocycles. The number of nitriles is 1. The smallest absolute Gasteiger partial charge is 0.166 e. The lowest BCUT2D eigenvalue weighted by molar-refractivity contribution is 0.515. The molecule has 1 heterocycles. The van der Waals surface area contributed by atoms with Crippen LogP contribution >= 0.6 is 0 Å². The molecule has 0 aliphatic heterocycles. The zero-order chi connectivity index (χ0) is 11.4. The highest BCUT2D eigenvalue weighted by Crippen LogP contribution is 2.27. The standard InChI is InChI=1S/C11H15N5/c12-6-8-2-1-3-10(8)15-11-9(7-13)4-5-14-16-11/h4-5,8,10H,1-3,6,12H2,(H,15,16). The summed E-state index contributed by atoms with van der Waals surface area (Å²) in [5.74, 6) is 1.06. The molecule has 0 spiro atoms. The van der Waals surface area contributed by atoms with Crippen molar-refractivity contribution >= 4 is 5.82 Å². The molecule has 2 atom stereocenters. The van der Waals surface area contributed by atoms with E-state index >= 15 is 0 Å². The van der Waals surface area contributed by atoms with Gasteiger partial charge in [0.2, 0.25) is 0 Å². The molecule has 16 heavy (non-hydrogen) atoms. The highest BCUT2D eigenvalue weighted by Gasteiger charge is 2.26. The Morgan fingerprint density at radius 1 is 1.56 bits per heavy atom. The zero-order valence-electron chi connectivity index (χ0n) is 9.06. The Bertz CT molecular complexity index is 398. The van der Waals surface area contributed by atoms with Crippen molar-refractivity contribution in [3.63, 3.8) is 0 Å². The van der Waals surface area contributed by atoms with Gasteiger partial charge in [-0.1, -0.05) is 6.42 Å². The monoisotopic (exact) mass is 217 g/mol. The third-order valence-electron chi connectivity index (χ3n) is 3.13. The van der Waals surface area contributed by atoms with Crippen LogP contribution in [0.5, 0.6) is 0 Å². The Kier molecular flexibility index (Phi) is 3.32. The summed E-state index contributed by atoms with van der Waals surface area (Å²) in [5, 5.41) is 20.0. The van der Waals surface area contributed by atoms with Gasteiger partial charge in [0.25, 0.3) is 0 Å². The summed E-state index contributed by atoms with van der Waals surface area (Å²) in [7, 11) is 0. The Hall–Kier alpha value is -1.67. The minimum absolute atomic E-state index is 0.328. The molecular formula is C11H15N5. The molecule has 1 aliphatic carbocycles. The van der Waals surface area contributed by atoms with Crippen LogP contribution in [-0.4, -0.2) is 22.8 Å². The first-order valence-corrected chi connectivity index (χ1v) is 5.53. The molecule has 1 aliphatic rings. The lowest BCUT2D eigenvalue weighted by Gasteiger charge is -2.19. The topological polar surface area (TPSA) is 87.6 Å². The van der Waals surface area contributed by atoms with E-state index in [2.05, 4.69) is 21.6 Å². The number of aromatic nitrogens is 2. The van der Waals surface area contributed by atoms with Crippen LogP contribution in [0.1, 0.15) is 24.8 Å². The van der Waals surface area contributed by atoms with E-state index in [1.54, 1.807) is 6.07 Å². The predicted molar refractivity (Wildman–Crippen MR) is 60.6 cm³/mol. The minimum Gasteiger partial charge on any atom is -0.364 e. The molecule has 0 bridgehead atoms.